The van der Waals surface area contributed by atoms with Gasteiger partial charge in [0.15, 0.2) is 5.82 Å². The van der Waals surface area contributed by atoms with Crippen molar-refractivity contribution >= 4 is 34.8 Å². The first-order valence-electron chi connectivity index (χ1n) is 12.7. The molecule has 0 bridgehead atoms. The molecule has 12 heteroatoms. The van der Waals surface area contributed by atoms with Crippen LogP contribution in [0.5, 0.6) is 5.75 Å². The molecular formula is C29H24Cl2F3N5O2. The summed E-state index contributed by atoms with van der Waals surface area (Å²) in [5.74, 6) is -0.283. The molecule has 2 aromatic heterocycles. The summed E-state index contributed by atoms with van der Waals surface area (Å²) < 4.78 is 42.8. The van der Waals surface area contributed by atoms with Crippen molar-refractivity contribution in [2.75, 3.05) is 18.4 Å². The van der Waals surface area contributed by atoms with Gasteiger partial charge in [-0.1, -0.05) is 53.5 Å². The second kappa shape index (κ2) is 12.4. The number of likely N-dealkylation sites (tertiary alicyclic amines) is 1. The summed E-state index contributed by atoms with van der Waals surface area (Å²) in [5.41, 5.74) is 3.29. The zero-order valence-electron chi connectivity index (χ0n) is 21.5. The molecule has 1 N–H and O–H groups in total. The zero-order valence-corrected chi connectivity index (χ0v) is 23.0. The SMILES string of the molecule is O=C(Nc1cc(OC(F)(F)F)ccc1C1CCN(Cc2ccc(-c3ncc(Cl)cn3)cc2)CC1)c1ccnc(Cl)c1. The van der Waals surface area contributed by atoms with Crippen molar-refractivity contribution in [3.05, 3.63) is 100 Å². The van der Waals surface area contributed by atoms with Gasteiger partial charge in [-0.25, -0.2) is 15.0 Å². The zero-order chi connectivity index (χ0) is 29.0. The Morgan fingerprint density at radius 1 is 0.976 bits per heavy atom. The second-order valence-electron chi connectivity index (χ2n) is 9.59. The van der Waals surface area contributed by atoms with Crippen LogP contribution in [-0.4, -0.2) is 45.2 Å². The largest absolute Gasteiger partial charge is 0.573 e. The second-order valence-corrected chi connectivity index (χ2v) is 10.4. The Kier molecular flexibility index (Phi) is 8.72. The number of carbonyl (C=O) groups is 1. The van der Waals surface area contributed by atoms with Gasteiger partial charge in [-0.15, -0.1) is 13.2 Å². The standard InChI is InChI=1S/C29H24Cl2F3N5O2/c30-22-15-36-27(37-16-22)20-3-1-18(2-4-20)17-39-11-8-19(9-12-39)24-6-5-23(41-29(32,33)34)14-25(24)38-28(40)21-7-10-35-26(31)13-21/h1-7,10,13-16,19H,8-9,11-12,17H2,(H,38,40). The number of hydrogen-bond donors (Lipinski definition) is 1. The molecule has 0 radical (unpaired) electrons. The third-order valence-electron chi connectivity index (χ3n) is 6.76. The van der Waals surface area contributed by atoms with Gasteiger partial charge in [0.05, 0.1) is 5.02 Å². The number of anilines is 1. The number of aromatic nitrogens is 3. The van der Waals surface area contributed by atoms with Crippen LogP contribution in [0.4, 0.5) is 18.9 Å². The van der Waals surface area contributed by atoms with Gasteiger partial charge in [0.2, 0.25) is 0 Å². The maximum absolute atomic E-state index is 12.9. The van der Waals surface area contributed by atoms with Crippen molar-refractivity contribution in [1.82, 2.24) is 19.9 Å². The lowest BCUT2D eigenvalue weighted by molar-refractivity contribution is -0.274. The molecule has 0 saturated carbocycles. The quantitative estimate of drug-likeness (QED) is 0.223. The van der Waals surface area contributed by atoms with E-state index in [9.17, 15) is 18.0 Å². The summed E-state index contributed by atoms with van der Waals surface area (Å²) >= 11 is 11.8. The van der Waals surface area contributed by atoms with Crippen molar-refractivity contribution in [2.24, 2.45) is 0 Å². The minimum Gasteiger partial charge on any atom is -0.406 e. The van der Waals surface area contributed by atoms with Crippen molar-refractivity contribution in [2.45, 2.75) is 31.7 Å². The van der Waals surface area contributed by atoms with Gasteiger partial charge in [-0.3, -0.25) is 9.69 Å². The van der Waals surface area contributed by atoms with E-state index < -0.39 is 18.0 Å². The van der Waals surface area contributed by atoms with Crippen LogP contribution in [0, 0.1) is 0 Å². The van der Waals surface area contributed by atoms with Crippen molar-refractivity contribution in [3.8, 4) is 17.1 Å². The maximum Gasteiger partial charge on any atom is 0.573 e. The number of nitrogens with zero attached hydrogens (tertiary/aromatic N) is 4. The molecule has 1 aliphatic heterocycles. The normalized spacial score (nSPS) is 14.6. The number of hydrogen-bond acceptors (Lipinski definition) is 6. The molecular weight excluding hydrogens is 578 g/mol. The van der Waals surface area contributed by atoms with Crippen LogP contribution in [0.15, 0.2) is 73.2 Å². The van der Waals surface area contributed by atoms with Crippen LogP contribution in [0.1, 0.15) is 40.2 Å². The molecule has 212 valence electrons. The van der Waals surface area contributed by atoms with Crippen LogP contribution < -0.4 is 10.1 Å². The van der Waals surface area contributed by atoms with Crippen LogP contribution >= 0.6 is 23.2 Å². The van der Waals surface area contributed by atoms with Gasteiger partial charge >= 0.3 is 6.36 Å². The molecule has 4 aromatic rings. The molecule has 41 heavy (non-hydrogen) atoms. The molecule has 5 rings (SSSR count). The van der Waals surface area contributed by atoms with Crippen LogP contribution in [0.3, 0.4) is 0 Å². The fraction of sp³-hybridized carbons (Fsp3) is 0.241. The van der Waals surface area contributed by atoms with E-state index >= 15 is 0 Å². The first-order valence-corrected chi connectivity index (χ1v) is 13.5. The third kappa shape index (κ3) is 7.72. The van der Waals surface area contributed by atoms with Gasteiger partial charge in [0.25, 0.3) is 5.91 Å². The van der Waals surface area contributed by atoms with E-state index in [1.165, 1.54) is 30.5 Å². The molecule has 1 aliphatic rings. The number of pyridine rings is 1. The lowest BCUT2D eigenvalue weighted by atomic mass is 9.88. The van der Waals surface area contributed by atoms with Gasteiger partial charge < -0.3 is 10.1 Å². The molecule has 0 atom stereocenters. The van der Waals surface area contributed by atoms with Crippen LogP contribution in [-0.2, 0) is 6.54 Å². The monoisotopic (exact) mass is 601 g/mol. The smallest absolute Gasteiger partial charge is 0.406 e. The van der Waals surface area contributed by atoms with E-state index in [0.717, 1.165) is 49.2 Å². The fourth-order valence-electron chi connectivity index (χ4n) is 4.82. The molecule has 1 amide bonds. The van der Waals surface area contributed by atoms with E-state index in [-0.39, 0.29) is 22.3 Å². The van der Waals surface area contributed by atoms with Crippen LogP contribution in [0.25, 0.3) is 11.4 Å². The Bertz CT molecular complexity index is 1510. The number of halogens is 5. The molecule has 1 saturated heterocycles. The Balaban J connectivity index is 1.26. The highest BCUT2D eigenvalue weighted by molar-refractivity contribution is 6.30. The number of alkyl halides is 3. The summed E-state index contributed by atoms with van der Waals surface area (Å²) in [7, 11) is 0. The molecule has 7 nitrogen and oxygen atoms in total. The highest BCUT2D eigenvalue weighted by Gasteiger charge is 2.32. The van der Waals surface area contributed by atoms with Gasteiger partial charge in [0, 0.05) is 48.0 Å². The number of nitrogens with one attached hydrogen (secondary N) is 1. The predicted octanol–water partition coefficient (Wildman–Crippen LogP) is 7.38. The van der Waals surface area contributed by atoms with Gasteiger partial charge in [-0.2, -0.15) is 0 Å². The summed E-state index contributed by atoms with van der Waals surface area (Å²) in [6.45, 7) is 2.31. The minimum absolute atomic E-state index is 0.0342. The molecule has 1 fully saturated rings. The topological polar surface area (TPSA) is 80.2 Å². The Morgan fingerprint density at radius 2 is 1.68 bits per heavy atom. The molecule has 0 unspecified atom stereocenters. The van der Waals surface area contributed by atoms with E-state index in [2.05, 4.69) is 29.9 Å². The highest BCUT2D eigenvalue weighted by Crippen LogP contribution is 2.37. The average Bonchev–Trinajstić information content (AvgIpc) is 2.94. The molecule has 2 aromatic carbocycles. The number of carbonyl (C=O) groups excluding carboxylic acids is 1. The first kappa shape index (κ1) is 28.8. The van der Waals surface area contributed by atoms with Crippen molar-refractivity contribution in [3.63, 3.8) is 0 Å². The number of rotatable bonds is 7. The van der Waals surface area contributed by atoms with E-state index in [1.54, 1.807) is 18.5 Å². The Labute approximate surface area is 244 Å². The molecule has 0 spiro atoms. The third-order valence-corrected chi connectivity index (χ3v) is 7.16. The molecule has 0 aliphatic carbocycles. The van der Waals surface area contributed by atoms with Crippen LogP contribution in [0.2, 0.25) is 10.2 Å². The van der Waals surface area contributed by atoms with E-state index in [4.69, 9.17) is 23.2 Å². The average molecular weight is 602 g/mol. The van der Waals surface area contributed by atoms with Gasteiger partial charge in [-0.05, 0) is 61.2 Å². The lowest BCUT2D eigenvalue weighted by Crippen LogP contribution is -2.32. The lowest BCUT2D eigenvalue weighted by Gasteiger charge is -2.33. The number of amides is 1. The summed E-state index contributed by atoms with van der Waals surface area (Å²) in [4.78, 5) is 27.6. The maximum atomic E-state index is 12.9. The summed E-state index contributed by atoms with van der Waals surface area (Å²) in [6, 6.07) is 15.0. The van der Waals surface area contributed by atoms with Gasteiger partial charge in [0.1, 0.15) is 10.9 Å². The number of ether oxygens (including phenoxy) is 1. The first-order chi connectivity index (χ1) is 19.6. The summed E-state index contributed by atoms with van der Waals surface area (Å²) in [6.07, 6.45) is 1.18. The molecule has 3 heterocycles. The Hall–Kier alpha value is -3.73. The number of benzene rings is 2. The van der Waals surface area contributed by atoms with Crippen molar-refractivity contribution in [1.29, 1.82) is 0 Å². The Morgan fingerprint density at radius 3 is 2.34 bits per heavy atom. The number of piperidine rings is 1. The predicted molar refractivity (Wildman–Crippen MR) is 150 cm³/mol. The highest BCUT2D eigenvalue weighted by atomic mass is 35.5. The summed E-state index contributed by atoms with van der Waals surface area (Å²) in [5, 5.41) is 3.36. The van der Waals surface area contributed by atoms with E-state index in [0.29, 0.717) is 10.8 Å². The minimum atomic E-state index is -4.85. The fourth-order valence-corrected chi connectivity index (χ4v) is 5.09. The van der Waals surface area contributed by atoms with E-state index in [1.807, 2.05) is 24.3 Å². The van der Waals surface area contributed by atoms with Crippen molar-refractivity contribution < 1.29 is 22.7 Å².